The maximum Gasteiger partial charge on any atom is 0.274 e. The fourth-order valence-electron chi connectivity index (χ4n) is 3.77. The molecule has 2 aliphatic rings. The Labute approximate surface area is 145 Å². The highest BCUT2D eigenvalue weighted by atomic mass is 19.1. The van der Waals surface area contributed by atoms with E-state index in [0.29, 0.717) is 18.8 Å². The Bertz CT molecular complexity index is 842. The number of piperidine rings is 1. The number of aromatic nitrogens is 2. The van der Waals surface area contributed by atoms with Crippen molar-refractivity contribution in [2.75, 3.05) is 13.1 Å². The molecular weight excluding hydrogens is 319 g/mol. The summed E-state index contributed by atoms with van der Waals surface area (Å²) < 4.78 is 15.0. The van der Waals surface area contributed by atoms with Gasteiger partial charge in [0.15, 0.2) is 5.69 Å². The number of fused-ring (bicyclic) bond motifs is 1. The van der Waals surface area contributed by atoms with Crippen LogP contribution in [0.1, 0.15) is 41.0 Å². The van der Waals surface area contributed by atoms with Gasteiger partial charge in [0.05, 0.1) is 11.8 Å². The van der Waals surface area contributed by atoms with Gasteiger partial charge in [-0.05, 0) is 56.4 Å². The molecule has 1 fully saturated rings. The lowest BCUT2D eigenvalue weighted by molar-refractivity contribution is 0.0699. The number of carbonyl (C=O) groups excluding carboxylic acids is 1. The van der Waals surface area contributed by atoms with Crippen LogP contribution in [0.5, 0.6) is 0 Å². The van der Waals surface area contributed by atoms with Crippen molar-refractivity contribution in [2.24, 2.45) is 5.92 Å². The summed E-state index contributed by atoms with van der Waals surface area (Å²) >= 11 is 0. The zero-order valence-electron chi connectivity index (χ0n) is 13.9. The molecule has 1 saturated heterocycles. The molecule has 4 rings (SSSR count). The molecule has 0 spiro atoms. The van der Waals surface area contributed by atoms with Crippen molar-refractivity contribution in [2.45, 2.75) is 32.1 Å². The number of rotatable bonds is 2. The molecule has 0 radical (unpaired) electrons. The quantitative estimate of drug-likeness (QED) is 0.846. The first kappa shape index (κ1) is 15.8. The molecule has 1 aliphatic carbocycles. The van der Waals surface area contributed by atoms with Gasteiger partial charge in [0, 0.05) is 30.3 Å². The molecule has 128 valence electrons. The van der Waals surface area contributed by atoms with Gasteiger partial charge in [-0.25, -0.2) is 9.07 Å². The van der Waals surface area contributed by atoms with Crippen molar-refractivity contribution in [3.05, 3.63) is 47.0 Å². The largest absolute Gasteiger partial charge is 0.337 e. The van der Waals surface area contributed by atoms with Crippen molar-refractivity contribution >= 4 is 5.91 Å². The minimum atomic E-state index is -0.288. The standard InChI is InChI=1S/C19H19FN4O/c20-14-4-6-15(7-5-14)24-17-3-1-2-16(17)18(22-24)19(25)23-10-8-13(12-21)9-11-23/h4-7,13H,1-3,8-11H2. The second-order valence-corrected chi connectivity index (χ2v) is 6.71. The van der Waals surface area contributed by atoms with E-state index in [2.05, 4.69) is 11.2 Å². The summed E-state index contributed by atoms with van der Waals surface area (Å²) in [5, 5.41) is 13.6. The Morgan fingerprint density at radius 2 is 1.92 bits per heavy atom. The van der Waals surface area contributed by atoms with Gasteiger partial charge in [0.2, 0.25) is 0 Å². The molecule has 5 nitrogen and oxygen atoms in total. The lowest BCUT2D eigenvalue weighted by Gasteiger charge is -2.28. The number of benzene rings is 1. The fraction of sp³-hybridized carbons (Fsp3) is 0.421. The van der Waals surface area contributed by atoms with Crippen molar-refractivity contribution < 1.29 is 9.18 Å². The van der Waals surface area contributed by atoms with Crippen LogP contribution >= 0.6 is 0 Å². The molecule has 0 saturated carbocycles. The van der Waals surface area contributed by atoms with E-state index in [1.165, 1.54) is 12.1 Å². The zero-order chi connectivity index (χ0) is 17.4. The normalized spacial score (nSPS) is 17.4. The maximum absolute atomic E-state index is 13.2. The number of hydrogen-bond donors (Lipinski definition) is 0. The van der Waals surface area contributed by atoms with Gasteiger partial charge < -0.3 is 4.90 Å². The molecule has 1 aromatic carbocycles. The molecule has 0 bridgehead atoms. The van der Waals surface area contributed by atoms with Crippen LogP contribution in [0, 0.1) is 23.1 Å². The Morgan fingerprint density at radius 1 is 1.20 bits per heavy atom. The summed E-state index contributed by atoms with van der Waals surface area (Å²) in [6, 6.07) is 8.48. The third kappa shape index (κ3) is 2.80. The molecule has 1 aliphatic heterocycles. The van der Waals surface area contributed by atoms with Gasteiger partial charge in [-0.1, -0.05) is 0 Å². The summed E-state index contributed by atoms with van der Waals surface area (Å²) in [4.78, 5) is 14.8. The van der Waals surface area contributed by atoms with Crippen molar-refractivity contribution in [1.29, 1.82) is 5.26 Å². The van der Waals surface area contributed by atoms with Gasteiger partial charge >= 0.3 is 0 Å². The van der Waals surface area contributed by atoms with E-state index in [4.69, 9.17) is 5.26 Å². The maximum atomic E-state index is 13.2. The third-order valence-corrected chi connectivity index (χ3v) is 5.17. The molecule has 6 heteroatoms. The highest BCUT2D eigenvalue weighted by molar-refractivity contribution is 5.94. The van der Waals surface area contributed by atoms with Gasteiger partial charge in [-0.2, -0.15) is 10.4 Å². The number of amides is 1. The second-order valence-electron chi connectivity index (χ2n) is 6.71. The van der Waals surface area contributed by atoms with E-state index in [1.54, 1.807) is 16.8 Å². The summed E-state index contributed by atoms with van der Waals surface area (Å²) in [6.07, 6.45) is 4.19. The first-order chi connectivity index (χ1) is 12.2. The fourth-order valence-corrected chi connectivity index (χ4v) is 3.77. The molecule has 0 unspecified atom stereocenters. The topological polar surface area (TPSA) is 61.9 Å². The van der Waals surface area contributed by atoms with Crippen molar-refractivity contribution in [1.82, 2.24) is 14.7 Å². The molecule has 1 amide bonds. The number of hydrogen-bond acceptors (Lipinski definition) is 3. The lowest BCUT2D eigenvalue weighted by Crippen LogP contribution is -2.38. The van der Waals surface area contributed by atoms with Gasteiger partial charge in [0.1, 0.15) is 5.82 Å². The summed E-state index contributed by atoms with van der Waals surface area (Å²) in [5.41, 5.74) is 3.38. The number of nitriles is 1. The van der Waals surface area contributed by atoms with Crippen molar-refractivity contribution in [3.63, 3.8) is 0 Å². The predicted molar refractivity (Wildman–Crippen MR) is 89.8 cm³/mol. The Hall–Kier alpha value is -2.68. The smallest absolute Gasteiger partial charge is 0.274 e. The summed E-state index contributed by atoms with van der Waals surface area (Å²) in [5.74, 6) is -0.286. The summed E-state index contributed by atoms with van der Waals surface area (Å²) in [6.45, 7) is 1.21. The van der Waals surface area contributed by atoms with E-state index >= 15 is 0 Å². The van der Waals surface area contributed by atoms with Crippen LogP contribution < -0.4 is 0 Å². The van der Waals surface area contributed by atoms with E-state index < -0.39 is 0 Å². The number of carbonyl (C=O) groups is 1. The van der Waals surface area contributed by atoms with Crippen LogP contribution in [0.4, 0.5) is 4.39 Å². The van der Waals surface area contributed by atoms with Crippen LogP contribution in [0.25, 0.3) is 5.69 Å². The van der Waals surface area contributed by atoms with Crippen LogP contribution in [0.2, 0.25) is 0 Å². The first-order valence-electron chi connectivity index (χ1n) is 8.73. The third-order valence-electron chi connectivity index (χ3n) is 5.17. The monoisotopic (exact) mass is 338 g/mol. The van der Waals surface area contributed by atoms with Gasteiger partial charge in [-0.3, -0.25) is 4.79 Å². The Kier molecular flexibility index (Phi) is 4.00. The van der Waals surface area contributed by atoms with Crippen LogP contribution in [0.15, 0.2) is 24.3 Å². The minimum Gasteiger partial charge on any atom is -0.337 e. The molecule has 0 N–H and O–H groups in total. The SMILES string of the molecule is N#CC1CCN(C(=O)c2nn(-c3ccc(F)cc3)c3c2CCC3)CC1. The Morgan fingerprint density at radius 3 is 2.60 bits per heavy atom. The predicted octanol–water partition coefficient (Wildman–Crippen LogP) is 2.88. The number of likely N-dealkylation sites (tertiary alicyclic amines) is 1. The Balaban J connectivity index is 1.65. The first-order valence-corrected chi connectivity index (χ1v) is 8.73. The average molecular weight is 338 g/mol. The highest BCUT2D eigenvalue weighted by Crippen LogP contribution is 2.29. The van der Waals surface area contributed by atoms with E-state index in [-0.39, 0.29) is 17.6 Å². The van der Waals surface area contributed by atoms with E-state index in [1.807, 2.05) is 4.90 Å². The van der Waals surface area contributed by atoms with Crippen LogP contribution in [-0.2, 0) is 12.8 Å². The molecule has 1 aromatic heterocycles. The molecule has 25 heavy (non-hydrogen) atoms. The van der Waals surface area contributed by atoms with Crippen molar-refractivity contribution in [3.8, 4) is 11.8 Å². The highest BCUT2D eigenvalue weighted by Gasteiger charge is 2.31. The van der Waals surface area contributed by atoms with Gasteiger partial charge in [-0.15, -0.1) is 0 Å². The van der Waals surface area contributed by atoms with E-state index in [0.717, 1.165) is 49.0 Å². The zero-order valence-corrected chi connectivity index (χ0v) is 13.9. The number of halogens is 1. The molecule has 2 aromatic rings. The molecule has 2 heterocycles. The summed E-state index contributed by atoms with van der Waals surface area (Å²) in [7, 11) is 0. The minimum absolute atomic E-state index is 0.0459. The average Bonchev–Trinajstić information content (AvgIpc) is 3.25. The van der Waals surface area contributed by atoms with E-state index in [9.17, 15) is 9.18 Å². The number of nitrogens with zero attached hydrogens (tertiary/aromatic N) is 4. The molecular formula is C19H19FN4O. The van der Waals surface area contributed by atoms with Crippen LogP contribution in [-0.4, -0.2) is 33.7 Å². The van der Waals surface area contributed by atoms with Crippen LogP contribution in [0.3, 0.4) is 0 Å². The second kappa shape index (κ2) is 6.32. The lowest BCUT2D eigenvalue weighted by atomic mass is 9.98. The van der Waals surface area contributed by atoms with Gasteiger partial charge in [0.25, 0.3) is 5.91 Å². The molecule has 0 atom stereocenters.